The minimum atomic E-state index is 0.208. The van der Waals surface area contributed by atoms with Crippen LogP contribution in [-0.4, -0.2) is 28.6 Å². The predicted molar refractivity (Wildman–Crippen MR) is 106 cm³/mol. The van der Waals surface area contributed by atoms with Crippen molar-refractivity contribution in [3.8, 4) is 22.3 Å². The quantitative estimate of drug-likeness (QED) is 0.717. The van der Waals surface area contributed by atoms with Crippen LogP contribution in [-0.2, 0) is 11.3 Å². The summed E-state index contributed by atoms with van der Waals surface area (Å²) in [5, 5.41) is 0. The van der Waals surface area contributed by atoms with Crippen LogP contribution in [0.1, 0.15) is 24.1 Å². The van der Waals surface area contributed by atoms with Gasteiger partial charge in [-0.15, -0.1) is 0 Å². The van der Waals surface area contributed by atoms with E-state index < -0.39 is 0 Å². The first-order valence-electron chi connectivity index (χ1n) is 9.13. The van der Waals surface area contributed by atoms with Gasteiger partial charge in [0.25, 0.3) is 0 Å². The number of carbonyl (C=O) groups is 1. The number of rotatable bonds is 3. The Kier molecular flexibility index (Phi) is 3.78. The zero-order chi connectivity index (χ0) is 18.2. The molecular weight excluding hydrogens is 336 g/mol. The van der Waals surface area contributed by atoms with Gasteiger partial charge < -0.3 is 4.90 Å². The second-order valence-electron chi connectivity index (χ2n) is 6.85. The van der Waals surface area contributed by atoms with Crippen LogP contribution < -0.4 is 4.90 Å². The molecule has 1 aromatic carbocycles. The summed E-state index contributed by atoms with van der Waals surface area (Å²) in [6.45, 7) is 1.46. The molecule has 0 bridgehead atoms. The molecule has 0 spiro atoms. The number of nitrogens with zero attached hydrogens (tertiary/aromatic N) is 4. The van der Waals surface area contributed by atoms with Gasteiger partial charge in [0.15, 0.2) is 0 Å². The maximum Gasteiger partial charge on any atom is 0.227 e. The maximum atomic E-state index is 11.9. The summed E-state index contributed by atoms with van der Waals surface area (Å²) in [4.78, 5) is 27.0. The van der Waals surface area contributed by atoms with Gasteiger partial charge in [0.05, 0.1) is 12.2 Å². The summed E-state index contributed by atoms with van der Waals surface area (Å²) in [5.41, 5.74) is 7.35. The second kappa shape index (κ2) is 6.43. The van der Waals surface area contributed by atoms with Crippen LogP contribution in [0.3, 0.4) is 0 Å². The standard InChI is InChI=1S/C22H18N4O/c27-22-2-1-9-26(22)18-5-3-15(4-6-18)16-10-17(12-23-11-16)19-7-8-25-21-14-24-13-20(19)21/h3-8,10-13H,1-2,9,14H2. The summed E-state index contributed by atoms with van der Waals surface area (Å²) in [7, 11) is 0. The van der Waals surface area contributed by atoms with E-state index in [0.29, 0.717) is 13.0 Å². The molecule has 0 saturated carbocycles. The SMILES string of the molecule is O=C1CCCN1c1ccc(-c2cncc(-c3ccnc4c3C=NC4)c2)cc1. The van der Waals surface area contributed by atoms with E-state index in [1.165, 1.54) is 0 Å². The minimum absolute atomic E-state index is 0.208. The molecule has 2 aromatic heterocycles. The molecule has 27 heavy (non-hydrogen) atoms. The van der Waals surface area contributed by atoms with E-state index in [2.05, 4.69) is 33.2 Å². The van der Waals surface area contributed by atoms with Crippen LogP contribution in [0.2, 0.25) is 0 Å². The van der Waals surface area contributed by atoms with E-state index in [4.69, 9.17) is 0 Å². The van der Waals surface area contributed by atoms with Gasteiger partial charge in [-0.05, 0) is 41.8 Å². The number of aromatic nitrogens is 2. The van der Waals surface area contributed by atoms with E-state index in [1.54, 1.807) is 0 Å². The molecule has 0 atom stereocenters. The molecule has 3 aromatic rings. The van der Waals surface area contributed by atoms with E-state index in [0.717, 1.165) is 52.2 Å². The monoisotopic (exact) mass is 354 g/mol. The zero-order valence-electron chi connectivity index (χ0n) is 14.8. The molecular formula is C22H18N4O. The number of amides is 1. The van der Waals surface area contributed by atoms with Crippen molar-refractivity contribution in [2.45, 2.75) is 19.4 Å². The highest BCUT2D eigenvalue weighted by atomic mass is 16.2. The van der Waals surface area contributed by atoms with Gasteiger partial charge in [-0.2, -0.15) is 0 Å². The topological polar surface area (TPSA) is 58.5 Å². The highest BCUT2D eigenvalue weighted by molar-refractivity contribution is 5.96. The fraction of sp³-hybridized carbons (Fsp3) is 0.182. The molecule has 5 heteroatoms. The molecule has 0 unspecified atom stereocenters. The van der Waals surface area contributed by atoms with Crippen molar-refractivity contribution in [1.29, 1.82) is 0 Å². The lowest BCUT2D eigenvalue weighted by Crippen LogP contribution is -2.23. The van der Waals surface area contributed by atoms with Gasteiger partial charge in [0, 0.05) is 60.1 Å². The van der Waals surface area contributed by atoms with Gasteiger partial charge in [-0.25, -0.2) is 0 Å². The Labute approximate surface area is 157 Å². The molecule has 1 fully saturated rings. The van der Waals surface area contributed by atoms with Gasteiger partial charge in [0.1, 0.15) is 0 Å². The third-order valence-corrected chi connectivity index (χ3v) is 5.17. The average molecular weight is 354 g/mol. The van der Waals surface area contributed by atoms with Crippen LogP contribution >= 0.6 is 0 Å². The van der Waals surface area contributed by atoms with E-state index in [9.17, 15) is 4.79 Å². The van der Waals surface area contributed by atoms with Crippen LogP contribution in [0, 0.1) is 0 Å². The van der Waals surface area contributed by atoms with E-state index >= 15 is 0 Å². The van der Waals surface area contributed by atoms with E-state index in [-0.39, 0.29) is 5.91 Å². The smallest absolute Gasteiger partial charge is 0.227 e. The number of fused-ring (bicyclic) bond motifs is 1. The number of benzene rings is 1. The lowest BCUT2D eigenvalue weighted by Gasteiger charge is -2.16. The molecule has 0 N–H and O–H groups in total. The van der Waals surface area contributed by atoms with Crippen LogP contribution in [0.25, 0.3) is 22.3 Å². The predicted octanol–water partition coefficient (Wildman–Crippen LogP) is 3.87. The molecule has 5 rings (SSSR count). The number of hydrogen-bond donors (Lipinski definition) is 0. The number of hydrogen-bond acceptors (Lipinski definition) is 4. The molecule has 4 heterocycles. The summed E-state index contributed by atoms with van der Waals surface area (Å²) in [6.07, 6.45) is 9.06. The van der Waals surface area contributed by atoms with Gasteiger partial charge in [0.2, 0.25) is 5.91 Å². The molecule has 1 saturated heterocycles. The first-order valence-corrected chi connectivity index (χ1v) is 9.13. The highest BCUT2D eigenvalue weighted by Crippen LogP contribution is 2.31. The Bertz CT molecular complexity index is 1060. The number of anilines is 1. The van der Waals surface area contributed by atoms with Gasteiger partial charge in [-0.3, -0.25) is 19.8 Å². The first-order chi connectivity index (χ1) is 13.3. The van der Waals surface area contributed by atoms with Crippen molar-refractivity contribution in [3.05, 3.63) is 66.2 Å². The average Bonchev–Trinajstić information content (AvgIpc) is 3.37. The summed E-state index contributed by atoms with van der Waals surface area (Å²) in [6, 6.07) is 12.3. The normalized spacial score (nSPS) is 15.4. The molecule has 0 radical (unpaired) electrons. The molecule has 2 aliphatic rings. The lowest BCUT2D eigenvalue weighted by atomic mass is 9.98. The summed E-state index contributed by atoms with van der Waals surface area (Å²) < 4.78 is 0. The summed E-state index contributed by atoms with van der Waals surface area (Å²) in [5.74, 6) is 0.208. The number of aliphatic imine (C=N–C) groups is 1. The van der Waals surface area contributed by atoms with Crippen molar-refractivity contribution in [1.82, 2.24) is 9.97 Å². The lowest BCUT2D eigenvalue weighted by molar-refractivity contribution is -0.117. The van der Waals surface area contributed by atoms with Crippen molar-refractivity contribution >= 4 is 17.8 Å². The van der Waals surface area contributed by atoms with Crippen molar-refractivity contribution in [2.24, 2.45) is 4.99 Å². The number of pyridine rings is 2. The molecule has 2 aliphatic heterocycles. The fourth-order valence-corrected chi connectivity index (χ4v) is 3.76. The Morgan fingerprint density at radius 1 is 0.963 bits per heavy atom. The van der Waals surface area contributed by atoms with Gasteiger partial charge >= 0.3 is 0 Å². The fourth-order valence-electron chi connectivity index (χ4n) is 3.76. The Balaban J connectivity index is 1.49. The Morgan fingerprint density at radius 2 is 1.81 bits per heavy atom. The Hall–Kier alpha value is -3.34. The van der Waals surface area contributed by atoms with Crippen molar-refractivity contribution in [3.63, 3.8) is 0 Å². The number of carbonyl (C=O) groups excluding carboxylic acids is 1. The summed E-state index contributed by atoms with van der Waals surface area (Å²) >= 11 is 0. The molecule has 5 nitrogen and oxygen atoms in total. The van der Waals surface area contributed by atoms with E-state index in [1.807, 2.05) is 47.9 Å². The van der Waals surface area contributed by atoms with Crippen LogP contribution in [0.5, 0.6) is 0 Å². The first kappa shape index (κ1) is 15.9. The molecule has 0 aliphatic carbocycles. The minimum Gasteiger partial charge on any atom is -0.312 e. The highest BCUT2D eigenvalue weighted by Gasteiger charge is 2.21. The zero-order valence-corrected chi connectivity index (χ0v) is 14.8. The van der Waals surface area contributed by atoms with Crippen LogP contribution in [0.4, 0.5) is 5.69 Å². The van der Waals surface area contributed by atoms with Crippen LogP contribution in [0.15, 0.2) is 60.0 Å². The second-order valence-corrected chi connectivity index (χ2v) is 6.85. The largest absolute Gasteiger partial charge is 0.312 e. The third kappa shape index (κ3) is 2.81. The third-order valence-electron chi connectivity index (χ3n) is 5.17. The molecule has 1 amide bonds. The molecule has 132 valence electrons. The Morgan fingerprint density at radius 3 is 2.63 bits per heavy atom. The van der Waals surface area contributed by atoms with Gasteiger partial charge in [-0.1, -0.05) is 12.1 Å². The van der Waals surface area contributed by atoms with Crippen molar-refractivity contribution in [2.75, 3.05) is 11.4 Å². The van der Waals surface area contributed by atoms with Crippen molar-refractivity contribution < 1.29 is 4.79 Å². The maximum absolute atomic E-state index is 11.9.